The van der Waals surface area contributed by atoms with Crippen molar-refractivity contribution in [1.82, 2.24) is 4.72 Å². The molecule has 1 atom stereocenters. The second-order valence-electron chi connectivity index (χ2n) is 5.00. The van der Waals surface area contributed by atoms with E-state index in [4.69, 9.17) is 4.74 Å². The number of ketones is 1. The summed E-state index contributed by atoms with van der Waals surface area (Å²) in [5, 5.41) is 0.898. The molecule has 0 aliphatic rings. The zero-order valence-electron chi connectivity index (χ0n) is 13.4. The summed E-state index contributed by atoms with van der Waals surface area (Å²) in [7, 11) is -3.62. The lowest BCUT2D eigenvalue weighted by atomic mass is 10.2. The molecule has 0 aliphatic heterocycles. The van der Waals surface area contributed by atoms with E-state index in [1.807, 2.05) is 30.3 Å². The van der Waals surface area contributed by atoms with Crippen LogP contribution in [0.15, 0.2) is 54.0 Å². The third-order valence-corrected chi connectivity index (χ3v) is 4.08. The topological polar surface area (TPSA) is 72.5 Å². The van der Waals surface area contributed by atoms with Gasteiger partial charge >= 0.3 is 0 Å². The number of carbonyl (C=O) groups is 1. The Kier molecular flexibility index (Phi) is 8.47. The lowest BCUT2D eigenvalue weighted by Crippen LogP contribution is -2.29. The lowest BCUT2D eigenvalue weighted by molar-refractivity contribution is -0.114. The highest BCUT2D eigenvalue weighted by molar-refractivity contribution is 7.92. The number of benzene rings is 1. The average molecular weight is 337 g/mol. The molecule has 0 heterocycles. The summed E-state index contributed by atoms with van der Waals surface area (Å²) in [4.78, 5) is 11.1. The fourth-order valence-corrected chi connectivity index (χ4v) is 2.71. The van der Waals surface area contributed by atoms with Crippen LogP contribution in [-0.2, 0) is 26.2 Å². The van der Waals surface area contributed by atoms with Crippen molar-refractivity contribution in [2.24, 2.45) is 0 Å². The molecule has 0 spiro atoms. The normalized spacial score (nSPS) is 13.7. The number of carbonyl (C=O) groups excluding carboxylic acids is 1. The van der Waals surface area contributed by atoms with E-state index in [0.717, 1.165) is 17.0 Å². The minimum absolute atomic E-state index is 0.229. The molecule has 1 aromatic carbocycles. The number of nitrogens with one attached hydrogen (secondary N) is 1. The number of hydrogen-bond acceptors (Lipinski definition) is 4. The molecule has 0 bridgehead atoms. The van der Waals surface area contributed by atoms with Crippen LogP contribution in [-0.4, -0.2) is 26.8 Å². The third-order valence-electron chi connectivity index (χ3n) is 2.88. The Bertz CT molecular complexity index is 636. The van der Waals surface area contributed by atoms with Crippen LogP contribution in [0.4, 0.5) is 0 Å². The Morgan fingerprint density at radius 3 is 2.65 bits per heavy atom. The number of allylic oxidation sites excluding steroid dienone is 1. The van der Waals surface area contributed by atoms with Crippen molar-refractivity contribution in [2.75, 3.05) is 6.61 Å². The van der Waals surface area contributed by atoms with Crippen LogP contribution in [0.5, 0.6) is 0 Å². The molecule has 0 aliphatic carbocycles. The van der Waals surface area contributed by atoms with Crippen molar-refractivity contribution in [1.29, 1.82) is 0 Å². The van der Waals surface area contributed by atoms with E-state index in [1.54, 1.807) is 26.0 Å². The molecule has 0 aromatic heterocycles. The van der Waals surface area contributed by atoms with Crippen LogP contribution in [0.1, 0.15) is 25.8 Å². The zero-order chi connectivity index (χ0) is 17.1. The minimum Gasteiger partial charge on any atom is -0.373 e. The maximum atomic E-state index is 11.7. The molecule has 0 unspecified atom stereocenters. The predicted molar refractivity (Wildman–Crippen MR) is 91.2 cm³/mol. The summed E-state index contributed by atoms with van der Waals surface area (Å²) in [5.41, 5.74) is 1.08. The van der Waals surface area contributed by atoms with Gasteiger partial charge in [0.2, 0.25) is 10.0 Å². The molecule has 0 radical (unpaired) electrons. The first-order valence-corrected chi connectivity index (χ1v) is 8.99. The average Bonchev–Trinajstić information content (AvgIpc) is 2.53. The van der Waals surface area contributed by atoms with E-state index in [9.17, 15) is 13.2 Å². The molecule has 0 amide bonds. The first kappa shape index (κ1) is 19.3. The van der Waals surface area contributed by atoms with Crippen LogP contribution in [0.25, 0.3) is 0 Å². The lowest BCUT2D eigenvalue weighted by Gasteiger charge is -2.07. The van der Waals surface area contributed by atoms with Gasteiger partial charge in [0, 0.05) is 17.9 Å². The van der Waals surface area contributed by atoms with E-state index in [2.05, 4.69) is 4.72 Å². The summed E-state index contributed by atoms with van der Waals surface area (Å²) >= 11 is 0. The summed E-state index contributed by atoms with van der Waals surface area (Å²) in [5.74, 6) is -0.229. The van der Waals surface area contributed by atoms with Crippen molar-refractivity contribution in [3.63, 3.8) is 0 Å². The molecule has 0 saturated carbocycles. The van der Waals surface area contributed by atoms with Gasteiger partial charge in [-0.15, -0.1) is 0 Å². The van der Waals surface area contributed by atoms with Crippen molar-refractivity contribution in [3.05, 3.63) is 59.5 Å². The molecule has 23 heavy (non-hydrogen) atoms. The number of sulfonamides is 1. The fraction of sp³-hybridized carbons (Fsp3) is 0.353. The summed E-state index contributed by atoms with van der Waals surface area (Å²) < 4.78 is 31.3. The van der Waals surface area contributed by atoms with Crippen LogP contribution in [0, 0.1) is 0 Å². The van der Waals surface area contributed by atoms with E-state index in [-0.39, 0.29) is 18.2 Å². The molecule has 1 N–H and O–H groups in total. The second-order valence-corrected chi connectivity index (χ2v) is 6.60. The largest absolute Gasteiger partial charge is 0.373 e. The zero-order valence-corrected chi connectivity index (χ0v) is 14.3. The highest BCUT2D eigenvalue weighted by Crippen LogP contribution is 2.00. The highest BCUT2D eigenvalue weighted by Gasteiger charge is 2.08. The summed E-state index contributed by atoms with van der Waals surface area (Å²) in [6.45, 7) is 4.28. The third kappa shape index (κ3) is 9.07. The Morgan fingerprint density at radius 2 is 2.00 bits per heavy atom. The summed E-state index contributed by atoms with van der Waals surface area (Å²) in [6, 6.07) is 9.40. The predicted octanol–water partition coefficient (Wildman–Crippen LogP) is 2.56. The van der Waals surface area contributed by atoms with Gasteiger partial charge in [-0.1, -0.05) is 49.4 Å². The maximum absolute atomic E-state index is 11.7. The first-order chi connectivity index (χ1) is 10.9. The molecule has 126 valence electrons. The van der Waals surface area contributed by atoms with Gasteiger partial charge in [0.15, 0.2) is 5.78 Å². The fourth-order valence-electron chi connectivity index (χ4n) is 1.70. The van der Waals surface area contributed by atoms with Gasteiger partial charge in [-0.3, -0.25) is 4.79 Å². The monoisotopic (exact) mass is 337 g/mol. The molecule has 1 rings (SSSR count). The van der Waals surface area contributed by atoms with Gasteiger partial charge < -0.3 is 4.74 Å². The van der Waals surface area contributed by atoms with Gasteiger partial charge in [0.1, 0.15) is 0 Å². The minimum atomic E-state index is -3.62. The van der Waals surface area contributed by atoms with Crippen molar-refractivity contribution in [3.8, 4) is 0 Å². The highest BCUT2D eigenvalue weighted by atomic mass is 32.2. The molecule has 5 nitrogen and oxygen atoms in total. The van der Waals surface area contributed by atoms with Crippen molar-refractivity contribution < 1.29 is 17.9 Å². The Labute approximate surface area is 138 Å². The maximum Gasteiger partial charge on any atom is 0.234 e. The molecule has 1 aromatic rings. The quantitative estimate of drug-likeness (QED) is 0.405. The molecule has 0 fully saturated rings. The standard InChI is InChI=1S/C17H23NO4S/c1-3-17(19)11-13-23(20,21)18-15(2)8-7-12-22-14-16-9-5-4-6-10-16/h4-11,13,15,18H,3,12,14H2,1-2H3/t15-/m1/s1. The molecular weight excluding hydrogens is 314 g/mol. The molecule has 6 heteroatoms. The molecule has 0 saturated heterocycles. The van der Waals surface area contributed by atoms with Crippen LogP contribution in [0.2, 0.25) is 0 Å². The Morgan fingerprint density at radius 1 is 1.30 bits per heavy atom. The van der Waals surface area contributed by atoms with Crippen molar-refractivity contribution in [2.45, 2.75) is 32.9 Å². The van der Waals surface area contributed by atoms with E-state index < -0.39 is 10.0 Å². The van der Waals surface area contributed by atoms with Gasteiger partial charge in [0.05, 0.1) is 13.2 Å². The Hall–Kier alpha value is -1.76. The van der Waals surface area contributed by atoms with Gasteiger partial charge in [0.25, 0.3) is 0 Å². The van der Waals surface area contributed by atoms with Gasteiger partial charge in [-0.25, -0.2) is 13.1 Å². The first-order valence-electron chi connectivity index (χ1n) is 7.44. The van der Waals surface area contributed by atoms with Crippen LogP contribution < -0.4 is 4.72 Å². The summed E-state index contributed by atoms with van der Waals surface area (Å²) in [6.07, 6.45) is 4.82. The van der Waals surface area contributed by atoms with E-state index in [0.29, 0.717) is 13.2 Å². The van der Waals surface area contributed by atoms with Crippen LogP contribution >= 0.6 is 0 Å². The SMILES string of the molecule is CCC(=O)C=CS(=O)(=O)N[C@H](C)C=CCOCc1ccccc1. The molecular formula is C17H23NO4S. The van der Waals surface area contributed by atoms with Gasteiger partial charge in [-0.2, -0.15) is 0 Å². The van der Waals surface area contributed by atoms with Crippen LogP contribution in [0.3, 0.4) is 0 Å². The second kappa shape index (κ2) is 10.1. The van der Waals surface area contributed by atoms with E-state index >= 15 is 0 Å². The number of ether oxygens (including phenoxy) is 1. The van der Waals surface area contributed by atoms with Crippen molar-refractivity contribution >= 4 is 15.8 Å². The van der Waals surface area contributed by atoms with E-state index in [1.165, 1.54) is 0 Å². The number of hydrogen-bond donors (Lipinski definition) is 1. The number of rotatable bonds is 10. The van der Waals surface area contributed by atoms with Gasteiger partial charge in [-0.05, 0) is 18.6 Å². The Balaban J connectivity index is 2.33. The smallest absolute Gasteiger partial charge is 0.234 e.